The van der Waals surface area contributed by atoms with Gasteiger partial charge in [0, 0.05) is 24.6 Å². The van der Waals surface area contributed by atoms with E-state index in [4.69, 9.17) is 9.26 Å². The number of amides is 1. The number of carbonyl (C=O) groups excluding carboxylic acids is 1. The van der Waals surface area contributed by atoms with Crippen molar-refractivity contribution in [2.24, 2.45) is 5.92 Å². The number of hydrogen-bond acceptors (Lipinski definition) is 8. The van der Waals surface area contributed by atoms with Gasteiger partial charge in [0.15, 0.2) is 15.8 Å². The summed E-state index contributed by atoms with van der Waals surface area (Å²) in [5.41, 5.74) is 1.28. The smallest absolute Gasteiger partial charge is 0.248 e. The monoisotopic (exact) mass is 570 g/mol. The molecule has 4 aromatic rings. The van der Waals surface area contributed by atoms with E-state index in [-0.39, 0.29) is 41.3 Å². The van der Waals surface area contributed by atoms with Gasteiger partial charge < -0.3 is 14.6 Å². The Morgan fingerprint density at radius 3 is 2.74 bits per heavy atom. The average molecular weight is 571 g/mol. The van der Waals surface area contributed by atoms with Crippen LogP contribution in [-0.2, 0) is 14.8 Å². The molecule has 2 aromatic carbocycles. The summed E-state index contributed by atoms with van der Waals surface area (Å²) < 4.78 is 54.0. The number of piperidine rings is 1. The van der Waals surface area contributed by atoms with Crippen LogP contribution < -0.4 is 10.1 Å². The van der Waals surface area contributed by atoms with Gasteiger partial charge in [-0.25, -0.2) is 17.8 Å². The third kappa shape index (κ3) is 5.72. The van der Waals surface area contributed by atoms with Crippen LogP contribution in [-0.4, -0.2) is 48.5 Å². The number of ether oxygens (including phenoxy) is 1. The highest BCUT2D eigenvalue weighted by Crippen LogP contribution is 2.32. The van der Waals surface area contributed by atoms with E-state index in [1.54, 1.807) is 25.1 Å². The summed E-state index contributed by atoms with van der Waals surface area (Å²) in [7, 11) is -3.95. The first-order valence-electron chi connectivity index (χ1n) is 12.5. The van der Waals surface area contributed by atoms with E-state index < -0.39 is 15.8 Å². The first kappa shape index (κ1) is 27.0. The molecule has 12 heteroatoms. The molecular formula is C27H27FN4O5S2. The number of rotatable bonds is 8. The van der Waals surface area contributed by atoms with Crippen molar-refractivity contribution >= 4 is 54.8 Å². The van der Waals surface area contributed by atoms with E-state index in [0.29, 0.717) is 30.1 Å². The summed E-state index contributed by atoms with van der Waals surface area (Å²) in [6, 6.07) is 11.7. The molecule has 3 heterocycles. The number of anilines is 1. The number of thiazole rings is 1. The van der Waals surface area contributed by atoms with Crippen LogP contribution in [0.2, 0.25) is 0 Å². The molecule has 1 aliphatic rings. The number of hydrogen-bond donors (Lipinski definition) is 1. The van der Waals surface area contributed by atoms with Gasteiger partial charge in [0.25, 0.3) is 0 Å². The molecule has 0 spiro atoms. The van der Waals surface area contributed by atoms with E-state index in [1.807, 2.05) is 25.1 Å². The summed E-state index contributed by atoms with van der Waals surface area (Å²) in [4.78, 5) is 17.4. The van der Waals surface area contributed by atoms with Crippen molar-refractivity contribution in [3.05, 3.63) is 65.3 Å². The van der Waals surface area contributed by atoms with Gasteiger partial charge in [-0.1, -0.05) is 34.7 Å². The molecule has 0 saturated carbocycles. The largest absolute Gasteiger partial charge is 0.494 e. The fourth-order valence-electron chi connectivity index (χ4n) is 4.48. The maximum atomic E-state index is 14.0. The normalized spacial score (nSPS) is 15.3. The lowest BCUT2D eigenvalue weighted by Gasteiger charge is -2.30. The Morgan fingerprint density at radius 2 is 2.00 bits per heavy atom. The number of aryl methyl sites for hydroxylation is 1. The van der Waals surface area contributed by atoms with Crippen molar-refractivity contribution < 1.29 is 26.9 Å². The topological polar surface area (TPSA) is 115 Å². The molecule has 1 N–H and O–H groups in total. The van der Waals surface area contributed by atoms with Gasteiger partial charge in [-0.05, 0) is 63.1 Å². The van der Waals surface area contributed by atoms with Gasteiger partial charge in [0.2, 0.25) is 15.9 Å². The molecule has 9 nitrogen and oxygen atoms in total. The summed E-state index contributed by atoms with van der Waals surface area (Å²) in [5, 5.41) is 7.21. The van der Waals surface area contributed by atoms with Gasteiger partial charge in [0.05, 0.1) is 16.8 Å². The van der Waals surface area contributed by atoms with Crippen LogP contribution in [0.25, 0.3) is 22.4 Å². The Morgan fingerprint density at radius 1 is 1.23 bits per heavy atom. The van der Waals surface area contributed by atoms with E-state index in [9.17, 15) is 17.6 Å². The maximum absolute atomic E-state index is 14.0. The summed E-state index contributed by atoms with van der Waals surface area (Å²) in [6.45, 7) is 4.35. The molecule has 5 rings (SSSR count). The molecular weight excluding hydrogens is 543 g/mol. The van der Waals surface area contributed by atoms with Crippen molar-refractivity contribution in [2.45, 2.75) is 31.6 Å². The van der Waals surface area contributed by atoms with Crippen LogP contribution in [0.15, 0.2) is 51.9 Å². The van der Waals surface area contributed by atoms with E-state index >= 15 is 0 Å². The molecule has 39 heavy (non-hydrogen) atoms. The summed E-state index contributed by atoms with van der Waals surface area (Å²) >= 11 is 1.36. The van der Waals surface area contributed by atoms with E-state index in [0.717, 1.165) is 16.0 Å². The number of benzene rings is 2. The number of halogens is 1. The SMILES string of the molecule is CCOc1ccc2nc(NC(=O)C3CCN(S(=O)(=O)c4c(C)noc4C=Cc4ccccc4F)CC3)sc2c1. The Hall–Kier alpha value is -3.61. The van der Waals surface area contributed by atoms with Crippen molar-refractivity contribution in [1.29, 1.82) is 0 Å². The highest BCUT2D eigenvalue weighted by Gasteiger charge is 2.36. The predicted molar refractivity (Wildman–Crippen MR) is 147 cm³/mol. The van der Waals surface area contributed by atoms with Crippen LogP contribution >= 0.6 is 11.3 Å². The molecule has 1 fully saturated rings. The molecule has 0 unspecified atom stereocenters. The van der Waals surface area contributed by atoms with E-state index in [1.165, 1.54) is 33.9 Å². The number of nitrogens with one attached hydrogen (secondary N) is 1. The zero-order valence-corrected chi connectivity index (χ0v) is 23.0. The van der Waals surface area contributed by atoms with Crippen LogP contribution in [0.1, 0.15) is 36.8 Å². The Kier molecular flexibility index (Phi) is 7.78. The fraction of sp³-hybridized carbons (Fsp3) is 0.296. The Bertz CT molecular complexity index is 1640. The molecule has 1 aliphatic heterocycles. The number of sulfonamides is 1. The fourth-order valence-corrected chi connectivity index (χ4v) is 7.10. The second kappa shape index (κ2) is 11.2. The summed E-state index contributed by atoms with van der Waals surface area (Å²) in [5.74, 6) is -0.207. The van der Waals surface area contributed by atoms with Crippen molar-refractivity contribution in [1.82, 2.24) is 14.4 Å². The predicted octanol–water partition coefficient (Wildman–Crippen LogP) is 5.34. The van der Waals surface area contributed by atoms with Crippen LogP contribution in [0.5, 0.6) is 5.75 Å². The lowest BCUT2D eigenvalue weighted by Crippen LogP contribution is -2.41. The van der Waals surface area contributed by atoms with Crippen molar-refractivity contribution in [3.63, 3.8) is 0 Å². The minimum atomic E-state index is -3.95. The second-order valence-electron chi connectivity index (χ2n) is 9.07. The van der Waals surface area contributed by atoms with Gasteiger partial charge in [0.1, 0.15) is 17.3 Å². The molecule has 2 aromatic heterocycles. The van der Waals surface area contributed by atoms with Crippen LogP contribution in [0.3, 0.4) is 0 Å². The number of aromatic nitrogens is 2. The molecule has 204 valence electrons. The number of carbonyl (C=O) groups is 1. The molecule has 1 amide bonds. The van der Waals surface area contributed by atoms with Crippen molar-refractivity contribution in [3.8, 4) is 5.75 Å². The molecule has 0 radical (unpaired) electrons. The van der Waals surface area contributed by atoms with Gasteiger partial charge in [-0.2, -0.15) is 4.31 Å². The zero-order chi connectivity index (χ0) is 27.6. The van der Waals surface area contributed by atoms with Gasteiger partial charge in [-0.15, -0.1) is 0 Å². The first-order valence-corrected chi connectivity index (χ1v) is 14.7. The number of fused-ring (bicyclic) bond motifs is 1. The third-order valence-corrected chi connectivity index (χ3v) is 9.47. The van der Waals surface area contributed by atoms with Crippen molar-refractivity contribution in [2.75, 3.05) is 25.0 Å². The molecule has 0 bridgehead atoms. The van der Waals surface area contributed by atoms with Crippen LogP contribution in [0.4, 0.5) is 9.52 Å². The third-order valence-electron chi connectivity index (χ3n) is 6.48. The lowest BCUT2D eigenvalue weighted by molar-refractivity contribution is -0.120. The quantitative estimate of drug-likeness (QED) is 0.304. The minimum absolute atomic E-state index is 0.0268. The minimum Gasteiger partial charge on any atom is -0.494 e. The van der Waals surface area contributed by atoms with Gasteiger partial charge in [-0.3, -0.25) is 4.79 Å². The number of nitrogens with zero attached hydrogens (tertiary/aromatic N) is 3. The Balaban J connectivity index is 1.25. The second-order valence-corrected chi connectivity index (χ2v) is 12.0. The zero-order valence-electron chi connectivity index (χ0n) is 21.4. The highest BCUT2D eigenvalue weighted by molar-refractivity contribution is 7.89. The standard InChI is InChI=1S/C27H27FN4O5S2/c1-3-36-20-9-10-22-24(16-20)38-27(29-22)30-26(33)19-12-14-32(15-13-19)39(34,35)25-17(2)31-37-23(25)11-8-18-6-4-5-7-21(18)28/h4-11,16,19H,3,12-15H2,1-2H3,(H,29,30,33). The highest BCUT2D eigenvalue weighted by atomic mass is 32.2. The Labute approximate surface area is 229 Å². The average Bonchev–Trinajstić information content (AvgIpc) is 3.50. The van der Waals surface area contributed by atoms with Gasteiger partial charge >= 0.3 is 0 Å². The lowest BCUT2D eigenvalue weighted by atomic mass is 9.97. The summed E-state index contributed by atoms with van der Waals surface area (Å²) in [6.07, 6.45) is 3.57. The first-order chi connectivity index (χ1) is 18.8. The molecule has 1 saturated heterocycles. The molecule has 0 atom stereocenters. The maximum Gasteiger partial charge on any atom is 0.248 e. The van der Waals surface area contributed by atoms with E-state index in [2.05, 4.69) is 15.5 Å². The molecule has 0 aliphatic carbocycles. The van der Waals surface area contributed by atoms with Crippen LogP contribution in [0, 0.1) is 18.7 Å².